The second-order valence-electron chi connectivity index (χ2n) is 9.28. The number of carbonyl (C=O) groups excluding carboxylic acids is 2. The van der Waals surface area contributed by atoms with Gasteiger partial charge in [-0.2, -0.15) is 0 Å². The van der Waals surface area contributed by atoms with Crippen LogP contribution in [-0.2, 0) is 13.1 Å². The standard InChI is InChI=1S/C27H22N8O6S/c1-12-7-14(5-6-16(12)25(40)41)11-30-24(39)18-9-17(32-26-33-34-27(42)35(18)26)23(38)29-10-13-3-2-4-15(8-13)31-20-19(28)21(36)22(20)37/h2-9,31H,10-11,28H2,1H3,(H,29,38)(H,30,39)(H,34,42)(H,40,41). The average Bonchev–Trinajstić information content (AvgIpc) is 3.36. The van der Waals surface area contributed by atoms with E-state index in [4.69, 9.17) is 18.0 Å². The summed E-state index contributed by atoms with van der Waals surface area (Å²) in [6, 6.07) is 12.8. The Labute approximate surface area is 240 Å². The summed E-state index contributed by atoms with van der Waals surface area (Å²) < 4.78 is 1.39. The maximum atomic E-state index is 13.2. The van der Waals surface area contributed by atoms with Gasteiger partial charge in [0.15, 0.2) is 0 Å². The van der Waals surface area contributed by atoms with E-state index in [-0.39, 0.29) is 52.0 Å². The van der Waals surface area contributed by atoms with Crippen molar-refractivity contribution in [3.8, 4) is 0 Å². The molecular formula is C27H22N8O6S. The summed E-state index contributed by atoms with van der Waals surface area (Å²) in [5.74, 6) is -2.19. The highest BCUT2D eigenvalue weighted by atomic mass is 32.1. The average molecular weight is 587 g/mol. The first-order valence-electron chi connectivity index (χ1n) is 12.4. The van der Waals surface area contributed by atoms with Crippen LogP contribution >= 0.6 is 12.2 Å². The lowest BCUT2D eigenvalue weighted by atomic mass is 10.1. The largest absolute Gasteiger partial charge is 0.478 e. The number of aryl methyl sites for hydroxylation is 1. The fourth-order valence-electron chi connectivity index (χ4n) is 4.26. The van der Waals surface area contributed by atoms with E-state index >= 15 is 0 Å². The Hall–Kier alpha value is -5.70. The predicted molar refractivity (Wildman–Crippen MR) is 154 cm³/mol. The number of aromatic carboxylic acids is 1. The minimum Gasteiger partial charge on any atom is -0.478 e. The van der Waals surface area contributed by atoms with Gasteiger partial charge in [-0.05, 0) is 60.1 Å². The molecule has 2 heterocycles. The van der Waals surface area contributed by atoms with E-state index in [0.717, 1.165) is 0 Å². The van der Waals surface area contributed by atoms with Crippen molar-refractivity contribution in [1.82, 2.24) is 30.2 Å². The first kappa shape index (κ1) is 27.9. The molecule has 3 aromatic carbocycles. The molecule has 7 N–H and O–H groups in total. The van der Waals surface area contributed by atoms with Crippen LogP contribution in [0.4, 0.5) is 17.1 Å². The second-order valence-corrected chi connectivity index (χ2v) is 9.67. The zero-order valence-electron chi connectivity index (χ0n) is 21.8. The molecule has 212 valence electrons. The van der Waals surface area contributed by atoms with E-state index in [2.05, 4.69) is 31.1 Å². The van der Waals surface area contributed by atoms with Crippen molar-refractivity contribution < 1.29 is 19.5 Å². The van der Waals surface area contributed by atoms with Gasteiger partial charge >= 0.3 is 5.97 Å². The Morgan fingerprint density at radius 3 is 2.40 bits per heavy atom. The van der Waals surface area contributed by atoms with Crippen LogP contribution in [0.1, 0.15) is 48.0 Å². The predicted octanol–water partition coefficient (Wildman–Crippen LogP) is 1.58. The minimum atomic E-state index is -1.04. The number of nitrogens with zero attached hydrogens (tertiary/aromatic N) is 3. The maximum absolute atomic E-state index is 13.2. The lowest BCUT2D eigenvalue weighted by molar-refractivity contribution is 0.0695. The molecule has 5 rings (SSSR count). The first-order valence-corrected chi connectivity index (χ1v) is 12.8. The SMILES string of the molecule is Cc1cc(CNC(=O)c2cc(C(=O)NCc3cccc(Nc4c(N)c(=O)c4=O)c3)nc3n[nH]c(=S)n23)ccc1C(=O)O. The third kappa shape index (κ3) is 5.35. The lowest BCUT2D eigenvalue weighted by Gasteiger charge is -2.12. The van der Waals surface area contributed by atoms with Crippen LogP contribution in [0.5, 0.6) is 0 Å². The maximum Gasteiger partial charge on any atom is 0.335 e. The van der Waals surface area contributed by atoms with Gasteiger partial charge in [-0.25, -0.2) is 19.3 Å². The van der Waals surface area contributed by atoms with Gasteiger partial charge in [0.05, 0.1) is 5.56 Å². The van der Waals surface area contributed by atoms with Gasteiger partial charge in [-0.15, -0.1) is 5.10 Å². The number of aromatic amines is 1. The molecule has 0 aliphatic carbocycles. The summed E-state index contributed by atoms with van der Waals surface area (Å²) in [5, 5.41) is 24.1. The molecule has 0 saturated heterocycles. The Morgan fingerprint density at radius 2 is 1.71 bits per heavy atom. The number of benzene rings is 2. The molecule has 0 bridgehead atoms. The molecule has 14 nitrogen and oxygen atoms in total. The molecule has 0 unspecified atom stereocenters. The Balaban J connectivity index is 1.31. The fraction of sp³-hybridized carbons (Fsp3) is 0.111. The monoisotopic (exact) mass is 586 g/mol. The highest BCUT2D eigenvalue weighted by Crippen LogP contribution is 2.19. The number of fused-ring (bicyclic) bond motifs is 1. The van der Waals surface area contributed by atoms with Gasteiger partial charge in [-0.3, -0.25) is 19.2 Å². The molecule has 2 aromatic heterocycles. The topological polar surface area (TPSA) is 214 Å². The normalized spacial score (nSPS) is 11.0. The van der Waals surface area contributed by atoms with E-state index in [9.17, 15) is 29.1 Å². The van der Waals surface area contributed by atoms with E-state index in [0.29, 0.717) is 22.4 Å². The number of anilines is 3. The molecule has 0 radical (unpaired) electrons. The number of carboxylic acid groups (broad SMARTS) is 1. The van der Waals surface area contributed by atoms with Crippen molar-refractivity contribution in [3.63, 3.8) is 0 Å². The summed E-state index contributed by atoms with van der Waals surface area (Å²) >= 11 is 5.24. The van der Waals surface area contributed by atoms with Crippen LogP contribution in [0.25, 0.3) is 5.78 Å². The molecule has 15 heteroatoms. The quantitative estimate of drug-likeness (QED) is 0.108. The Morgan fingerprint density at radius 1 is 1.00 bits per heavy atom. The molecule has 0 fully saturated rings. The zero-order valence-corrected chi connectivity index (χ0v) is 22.7. The number of nitrogen functional groups attached to an aromatic ring is 1. The van der Waals surface area contributed by atoms with Gasteiger partial charge in [0.1, 0.15) is 22.8 Å². The van der Waals surface area contributed by atoms with Gasteiger partial charge in [0.25, 0.3) is 28.4 Å². The Bertz CT molecular complexity index is 2040. The summed E-state index contributed by atoms with van der Waals surface area (Å²) in [4.78, 5) is 64.7. The number of H-pyrrole nitrogens is 1. The molecule has 2 amide bonds. The minimum absolute atomic E-state index is 0.0104. The van der Waals surface area contributed by atoms with Gasteiger partial charge < -0.3 is 26.8 Å². The van der Waals surface area contributed by atoms with Crippen molar-refractivity contribution in [3.05, 3.63) is 107 Å². The molecule has 5 aromatic rings. The number of aromatic nitrogens is 4. The molecule has 0 aliphatic rings. The molecule has 42 heavy (non-hydrogen) atoms. The number of carboxylic acids is 1. The zero-order chi connectivity index (χ0) is 30.1. The fourth-order valence-corrected chi connectivity index (χ4v) is 4.48. The van der Waals surface area contributed by atoms with Crippen molar-refractivity contribution in [2.24, 2.45) is 0 Å². The van der Waals surface area contributed by atoms with Crippen LogP contribution in [0.15, 0.2) is 58.1 Å². The van der Waals surface area contributed by atoms with Crippen LogP contribution in [0.2, 0.25) is 0 Å². The molecule has 0 saturated carbocycles. The van der Waals surface area contributed by atoms with Crippen LogP contribution in [0.3, 0.4) is 0 Å². The molecule has 0 spiro atoms. The smallest absolute Gasteiger partial charge is 0.335 e. The molecule has 0 atom stereocenters. The molecular weight excluding hydrogens is 564 g/mol. The van der Waals surface area contributed by atoms with E-state index in [1.54, 1.807) is 43.3 Å². The van der Waals surface area contributed by atoms with Crippen LogP contribution in [-0.4, -0.2) is 42.5 Å². The highest BCUT2D eigenvalue weighted by Gasteiger charge is 2.20. The third-order valence-electron chi connectivity index (χ3n) is 6.43. The summed E-state index contributed by atoms with van der Waals surface area (Å²) in [5.41, 5.74) is 6.50. The number of rotatable bonds is 9. The first-order chi connectivity index (χ1) is 20.0. The van der Waals surface area contributed by atoms with Crippen molar-refractivity contribution in [2.75, 3.05) is 11.1 Å². The third-order valence-corrected chi connectivity index (χ3v) is 6.70. The summed E-state index contributed by atoms with van der Waals surface area (Å²) in [6.07, 6.45) is 0. The highest BCUT2D eigenvalue weighted by molar-refractivity contribution is 7.71. The van der Waals surface area contributed by atoms with E-state index in [1.807, 2.05) is 0 Å². The Kier molecular flexibility index (Phi) is 7.33. The van der Waals surface area contributed by atoms with Crippen molar-refractivity contribution >= 4 is 52.8 Å². The number of carbonyl (C=O) groups is 3. The van der Waals surface area contributed by atoms with Gasteiger partial charge in [-0.1, -0.05) is 24.3 Å². The van der Waals surface area contributed by atoms with Crippen LogP contribution in [0, 0.1) is 11.7 Å². The second kappa shape index (κ2) is 11.1. The number of hydrogen-bond acceptors (Lipinski definition) is 10. The number of hydrogen-bond donors (Lipinski definition) is 6. The van der Waals surface area contributed by atoms with Gasteiger partial charge in [0, 0.05) is 18.8 Å². The van der Waals surface area contributed by atoms with Crippen molar-refractivity contribution in [2.45, 2.75) is 20.0 Å². The molecule has 0 aliphatic heterocycles. The lowest BCUT2D eigenvalue weighted by Crippen LogP contribution is -2.36. The number of amides is 2. The van der Waals surface area contributed by atoms with E-state index in [1.165, 1.54) is 16.5 Å². The summed E-state index contributed by atoms with van der Waals surface area (Å²) in [7, 11) is 0. The van der Waals surface area contributed by atoms with E-state index < -0.39 is 28.6 Å². The van der Waals surface area contributed by atoms with Gasteiger partial charge in [0.2, 0.25) is 4.77 Å². The summed E-state index contributed by atoms with van der Waals surface area (Å²) in [6.45, 7) is 1.82. The van der Waals surface area contributed by atoms with Crippen LogP contribution < -0.4 is 32.5 Å². The van der Waals surface area contributed by atoms with Crippen molar-refractivity contribution in [1.29, 1.82) is 0 Å². The number of nitrogens with two attached hydrogens (primary N) is 1. The number of nitrogens with one attached hydrogen (secondary N) is 4.